The van der Waals surface area contributed by atoms with Crippen molar-refractivity contribution in [3.05, 3.63) is 22.7 Å². The van der Waals surface area contributed by atoms with Crippen molar-refractivity contribution in [2.75, 3.05) is 38.1 Å². The first kappa shape index (κ1) is 12.8. The lowest BCUT2D eigenvalue weighted by atomic mass is 10.1. The largest absolute Gasteiger partial charge is 0.423 e. The van der Waals surface area contributed by atoms with Gasteiger partial charge >= 0.3 is 0 Å². The van der Waals surface area contributed by atoms with Crippen LogP contribution < -0.4 is 4.90 Å². The number of aryl methyl sites for hydroxylation is 1. The molecule has 1 aromatic heterocycles. The Balaban J connectivity index is 1.97. The zero-order valence-corrected chi connectivity index (χ0v) is 12.1. The number of halogens is 1. The molecule has 1 aliphatic heterocycles. The van der Waals surface area contributed by atoms with E-state index in [-0.39, 0.29) is 0 Å². The number of fused-ring (bicyclic) bond motifs is 1. The van der Waals surface area contributed by atoms with Crippen LogP contribution in [0.3, 0.4) is 0 Å². The molecule has 1 aromatic carbocycles. The number of benzene rings is 1. The number of rotatable bonds is 2. The van der Waals surface area contributed by atoms with E-state index in [9.17, 15) is 0 Å². The van der Waals surface area contributed by atoms with Gasteiger partial charge in [-0.05, 0) is 31.2 Å². The Hall–Kier alpha value is -1.26. The lowest BCUT2D eigenvalue weighted by Gasteiger charge is -2.31. The van der Waals surface area contributed by atoms with Gasteiger partial charge in [-0.2, -0.15) is 4.98 Å². The van der Waals surface area contributed by atoms with E-state index >= 15 is 0 Å². The van der Waals surface area contributed by atoms with Crippen LogP contribution in [0.25, 0.3) is 11.1 Å². The van der Waals surface area contributed by atoms with Crippen LogP contribution in [0.2, 0.25) is 5.02 Å². The third kappa shape index (κ3) is 2.42. The van der Waals surface area contributed by atoms with Crippen LogP contribution in [0.5, 0.6) is 0 Å². The van der Waals surface area contributed by atoms with Gasteiger partial charge in [-0.1, -0.05) is 18.5 Å². The Bertz CT molecular complexity index is 588. The zero-order valence-electron chi connectivity index (χ0n) is 11.3. The molecule has 0 saturated carbocycles. The molecule has 0 unspecified atom stereocenters. The minimum atomic E-state index is 0.722. The Morgan fingerprint density at radius 1 is 1.26 bits per heavy atom. The first-order chi connectivity index (χ1) is 9.17. The lowest BCUT2D eigenvalue weighted by molar-refractivity contribution is 0.305. The summed E-state index contributed by atoms with van der Waals surface area (Å²) in [6.07, 6.45) is 0.897. The summed E-state index contributed by atoms with van der Waals surface area (Å²) in [4.78, 5) is 9.10. The number of nitrogens with zero attached hydrogens (tertiary/aromatic N) is 3. The van der Waals surface area contributed by atoms with Crippen LogP contribution in [0, 0.1) is 0 Å². The molecule has 19 heavy (non-hydrogen) atoms. The molecule has 2 heterocycles. The highest BCUT2D eigenvalue weighted by Crippen LogP contribution is 2.29. The number of anilines is 1. The van der Waals surface area contributed by atoms with Crippen LogP contribution >= 0.6 is 11.6 Å². The molecule has 5 heteroatoms. The number of hydrogen-bond acceptors (Lipinski definition) is 4. The fourth-order valence-corrected chi connectivity index (χ4v) is 2.68. The third-order valence-electron chi connectivity index (χ3n) is 3.68. The minimum Gasteiger partial charge on any atom is -0.423 e. The molecule has 0 atom stereocenters. The highest BCUT2D eigenvalue weighted by molar-refractivity contribution is 6.31. The molecule has 102 valence electrons. The number of hydrogen-bond donors (Lipinski definition) is 0. The molecule has 2 aromatic rings. The van der Waals surface area contributed by atoms with Crippen molar-refractivity contribution in [3.63, 3.8) is 0 Å². The number of oxazole rings is 1. The van der Waals surface area contributed by atoms with Gasteiger partial charge in [0, 0.05) is 31.2 Å². The van der Waals surface area contributed by atoms with Crippen LogP contribution in [-0.4, -0.2) is 43.1 Å². The molecule has 0 N–H and O–H groups in total. The molecule has 1 aliphatic rings. The highest BCUT2D eigenvalue weighted by atomic mass is 35.5. The molecule has 4 nitrogen and oxygen atoms in total. The van der Waals surface area contributed by atoms with Crippen molar-refractivity contribution >= 4 is 28.7 Å². The lowest BCUT2D eigenvalue weighted by Crippen LogP contribution is -2.44. The van der Waals surface area contributed by atoms with Crippen LogP contribution in [0.4, 0.5) is 6.01 Å². The van der Waals surface area contributed by atoms with Crippen molar-refractivity contribution in [3.8, 4) is 0 Å². The quantitative estimate of drug-likeness (QED) is 0.846. The smallest absolute Gasteiger partial charge is 0.298 e. The maximum absolute atomic E-state index is 6.11. The van der Waals surface area contributed by atoms with Crippen LogP contribution in [0.1, 0.15) is 12.5 Å². The third-order valence-corrected chi connectivity index (χ3v) is 3.89. The van der Waals surface area contributed by atoms with Crippen LogP contribution in [0.15, 0.2) is 16.5 Å². The Labute approximate surface area is 117 Å². The molecule has 1 fully saturated rings. The summed E-state index contributed by atoms with van der Waals surface area (Å²) in [5.41, 5.74) is 2.86. The maximum Gasteiger partial charge on any atom is 0.298 e. The van der Waals surface area contributed by atoms with Gasteiger partial charge in [-0.15, -0.1) is 0 Å². The SMILES string of the molecule is CCc1cc(Cl)cc2nc(N3CCN(C)CC3)oc12. The van der Waals surface area contributed by atoms with Gasteiger partial charge in [0.2, 0.25) is 0 Å². The van der Waals surface area contributed by atoms with E-state index in [0.717, 1.165) is 60.3 Å². The van der Waals surface area contributed by atoms with E-state index in [1.54, 1.807) is 0 Å². The molecular weight excluding hydrogens is 262 g/mol. The monoisotopic (exact) mass is 279 g/mol. The predicted octanol–water partition coefficient (Wildman–Crippen LogP) is 2.80. The van der Waals surface area contributed by atoms with Crippen molar-refractivity contribution in [1.82, 2.24) is 9.88 Å². The van der Waals surface area contributed by atoms with E-state index in [4.69, 9.17) is 16.0 Å². The molecule has 0 bridgehead atoms. The van der Waals surface area contributed by atoms with Gasteiger partial charge in [0.25, 0.3) is 6.01 Å². The fraction of sp³-hybridized carbons (Fsp3) is 0.500. The van der Waals surface area contributed by atoms with E-state index < -0.39 is 0 Å². The topological polar surface area (TPSA) is 32.5 Å². The average molecular weight is 280 g/mol. The Kier molecular flexibility index (Phi) is 3.37. The zero-order chi connectivity index (χ0) is 13.4. The average Bonchev–Trinajstić information content (AvgIpc) is 2.82. The molecular formula is C14H18ClN3O. The number of likely N-dealkylation sites (N-methyl/N-ethyl adjacent to an activating group) is 1. The first-order valence-corrected chi connectivity index (χ1v) is 7.07. The normalized spacial score (nSPS) is 17.3. The van der Waals surface area contributed by atoms with Gasteiger partial charge in [-0.25, -0.2) is 0 Å². The predicted molar refractivity (Wildman–Crippen MR) is 78.1 cm³/mol. The van der Waals surface area contributed by atoms with Gasteiger partial charge < -0.3 is 14.2 Å². The molecule has 0 aliphatic carbocycles. The standard InChI is InChI=1S/C14H18ClN3O/c1-3-10-8-11(15)9-12-13(10)19-14(16-12)18-6-4-17(2)5-7-18/h8-9H,3-7H2,1-2H3. The van der Waals surface area contributed by atoms with Crippen molar-refractivity contribution in [1.29, 1.82) is 0 Å². The summed E-state index contributed by atoms with van der Waals surface area (Å²) in [6, 6.07) is 4.56. The second-order valence-electron chi connectivity index (χ2n) is 5.05. The van der Waals surface area contributed by atoms with Gasteiger partial charge in [0.15, 0.2) is 5.58 Å². The van der Waals surface area contributed by atoms with E-state index in [1.165, 1.54) is 0 Å². The molecule has 0 amide bonds. The summed E-state index contributed by atoms with van der Waals surface area (Å²) in [5, 5.41) is 0.725. The van der Waals surface area contributed by atoms with Gasteiger partial charge in [-0.3, -0.25) is 0 Å². The Morgan fingerprint density at radius 3 is 2.68 bits per heavy atom. The summed E-state index contributed by atoms with van der Waals surface area (Å²) in [7, 11) is 2.14. The van der Waals surface area contributed by atoms with Crippen molar-refractivity contribution in [2.45, 2.75) is 13.3 Å². The summed E-state index contributed by atoms with van der Waals surface area (Å²) < 4.78 is 5.96. The first-order valence-electron chi connectivity index (χ1n) is 6.70. The van der Waals surface area contributed by atoms with E-state index in [2.05, 4.69) is 28.8 Å². The molecule has 0 spiro atoms. The number of aromatic nitrogens is 1. The Morgan fingerprint density at radius 2 is 2.00 bits per heavy atom. The summed E-state index contributed by atoms with van der Waals surface area (Å²) >= 11 is 6.11. The van der Waals surface area contributed by atoms with Gasteiger partial charge in [0.05, 0.1) is 0 Å². The number of piperazine rings is 1. The van der Waals surface area contributed by atoms with Crippen LogP contribution in [-0.2, 0) is 6.42 Å². The van der Waals surface area contributed by atoms with E-state index in [1.807, 2.05) is 12.1 Å². The van der Waals surface area contributed by atoms with Crippen molar-refractivity contribution in [2.24, 2.45) is 0 Å². The van der Waals surface area contributed by atoms with E-state index in [0.29, 0.717) is 0 Å². The van der Waals surface area contributed by atoms with Crippen molar-refractivity contribution < 1.29 is 4.42 Å². The maximum atomic E-state index is 6.11. The molecule has 3 rings (SSSR count). The summed E-state index contributed by atoms with van der Waals surface area (Å²) in [5.74, 6) is 0. The molecule has 1 saturated heterocycles. The highest BCUT2D eigenvalue weighted by Gasteiger charge is 2.20. The van der Waals surface area contributed by atoms with Gasteiger partial charge in [0.1, 0.15) is 5.52 Å². The molecule has 0 radical (unpaired) electrons. The second-order valence-corrected chi connectivity index (χ2v) is 5.49. The summed E-state index contributed by atoms with van der Waals surface area (Å²) in [6.45, 7) is 6.10. The second kappa shape index (κ2) is 5.02. The minimum absolute atomic E-state index is 0.722. The fourth-order valence-electron chi connectivity index (χ4n) is 2.45.